The van der Waals surface area contributed by atoms with Crippen LogP contribution in [0.4, 0.5) is 0 Å². The Morgan fingerprint density at radius 3 is 2.70 bits per heavy atom. The first kappa shape index (κ1) is 21.2. The molecule has 1 saturated heterocycles. The van der Waals surface area contributed by atoms with E-state index >= 15 is 0 Å². The van der Waals surface area contributed by atoms with Crippen molar-refractivity contribution >= 4 is 18.3 Å². The molecule has 1 fully saturated rings. The maximum absolute atomic E-state index is 12.9. The van der Waals surface area contributed by atoms with Gasteiger partial charge in [0, 0.05) is 38.4 Å². The molecule has 1 atom stereocenters. The molecule has 1 aliphatic heterocycles. The van der Waals surface area contributed by atoms with Crippen molar-refractivity contribution in [2.75, 3.05) is 26.2 Å². The van der Waals surface area contributed by atoms with Gasteiger partial charge >= 0.3 is 0 Å². The number of pyridine rings is 1. The molecular formula is C20H26ClN3O3. The number of carbonyl (C=O) groups excluding carboxylic acids is 1. The molecule has 6 nitrogen and oxygen atoms in total. The second-order valence-corrected chi connectivity index (χ2v) is 6.69. The van der Waals surface area contributed by atoms with Crippen LogP contribution in [0.3, 0.4) is 0 Å². The Kier molecular flexibility index (Phi) is 7.59. The van der Waals surface area contributed by atoms with Crippen molar-refractivity contribution in [1.82, 2.24) is 14.8 Å². The van der Waals surface area contributed by atoms with Crippen LogP contribution >= 0.6 is 12.4 Å². The van der Waals surface area contributed by atoms with Gasteiger partial charge in [0.1, 0.15) is 5.56 Å². The third-order valence-electron chi connectivity index (χ3n) is 4.83. The van der Waals surface area contributed by atoms with Gasteiger partial charge in [0.25, 0.3) is 11.5 Å². The first-order valence-corrected chi connectivity index (χ1v) is 8.97. The Hall–Kier alpha value is -2.15. The van der Waals surface area contributed by atoms with Gasteiger partial charge in [0.2, 0.25) is 0 Å². The Balaban J connectivity index is 0.00000261. The summed E-state index contributed by atoms with van der Waals surface area (Å²) in [5.41, 5.74) is 1.83. The number of nitrogens with zero attached hydrogens (tertiary/aromatic N) is 2. The van der Waals surface area contributed by atoms with Crippen molar-refractivity contribution < 1.29 is 9.90 Å². The number of hydrogen-bond acceptors (Lipinski definition) is 4. The average Bonchev–Trinajstić information content (AvgIpc) is 2.68. The summed E-state index contributed by atoms with van der Waals surface area (Å²) in [6.45, 7) is 3.86. The fourth-order valence-corrected chi connectivity index (χ4v) is 3.29. The zero-order chi connectivity index (χ0) is 18.5. The summed E-state index contributed by atoms with van der Waals surface area (Å²) in [4.78, 5) is 27.5. The number of nitrogens with one attached hydrogen (secondary N) is 1. The van der Waals surface area contributed by atoms with Crippen molar-refractivity contribution in [1.29, 1.82) is 0 Å². The molecule has 1 aromatic carbocycles. The van der Waals surface area contributed by atoms with E-state index < -0.39 is 0 Å². The quantitative estimate of drug-likeness (QED) is 0.803. The van der Waals surface area contributed by atoms with Gasteiger partial charge in [-0.25, -0.2) is 0 Å². The zero-order valence-corrected chi connectivity index (χ0v) is 16.2. The molecule has 0 aliphatic carbocycles. The van der Waals surface area contributed by atoms with E-state index in [1.165, 1.54) is 0 Å². The number of halogens is 1. The maximum Gasteiger partial charge on any atom is 0.263 e. The lowest BCUT2D eigenvalue weighted by Gasteiger charge is -2.33. The number of aliphatic hydroxyl groups excluding tert-OH is 1. The molecule has 1 unspecified atom stereocenters. The smallest absolute Gasteiger partial charge is 0.263 e. The highest BCUT2D eigenvalue weighted by Gasteiger charge is 2.26. The second-order valence-electron chi connectivity index (χ2n) is 6.69. The van der Waals surface area contributed by atoms with Crippen molar-refractivity contribution in [3.63, 3.8) is 0 Å². The third-order valence-corrected chi connectivity index (χ3v) is 4.83. The van der Waals surface area contributed by atoms with Crippen LogP contribution in [0.1, 0.15) is 21.5 Å². The molecule has 0 bridgehead atoms. The standard InChI is InChI=1S/C20H25N3O3.ClH/c1-15-7-10-22(11-8-16-5-3-2-4-6-16)19(25)18(15)20(26)23-12-9-21-17(13-23)14-24;/h2-7,10,17,21,24H,8-9,11-14H2,1H3;1H. The molecule has 27 heavy (non-hydrogen) atoms. The predicted octanol–water partition coefficient (Wildman–Crippen LogP) is 1.23. The summed E-state index contributed by atoms with van der Waals surface area (Å²) in [7, 11) is 0. The molecule has 146 valence electrons. The Morgan fingerprint density at radius 1 is 1.26 bits per heavy atom. The summed E-state index contributed by atoms with van der Waals surface area (Å²) in [6.07, 6.45) is 2.49. The molecule has 3 rings (SSSR count). The summed E-state index contributed by atoms with van der Waals surface area (Å²) in [5, 5.41) is 12.5. The van der Waals surface area contributed by atoms with E-state index in [1.807, 2.05) is 36.4 Å². The second kappa shape index (κ2) is 9.69. The van der Waals surface area contributed by atoms with Crippen molar-refractivity contribution in [2.45, 2.75) is 25.9 Å². The topological polar surface area (TPSA) is 74.6 Å². The minimum Gasteiger partial charge on any atom is -0.395 e. The average molecular weight is 392 g/mol. The zero-order valence-electron chi connectivity index (χ0n) is 15.4. The van der Waals surface area contributed by atoms with Gasteiger partial charge in [-0.2, -0.15) is 0 Å². The van der Waals surface area contributed by atoms with Gasteiger partial charge in [0.15, 0.2) is 0 Å². The van der Waals surface area contributed by atoms with Crippen LogP contribution in [0.25, 0.3) is 0 Å². The molecule has 7 heteroatoms. The number of piperazine rings is 1. The van der Waals surface area contributed by atoms with Gasteiger partial charge < -0.3 is 19.9 Å². The minimum absolute atomic E-state index is 0. The van der Waals surface area contributed by atoms with Crippen molar-refractivity contribution in [3.8, 4) is 0 Å². The van der Waals surface area contributed by atoms with Gasteiger partial charge in [-0.05, 0) is 30.5 Å². The van der Waals surface area contributed by atoms with Crippen LogP contribution in [-0.2, 0) is 13.0 Å². The molecule has 0 radical (unpaired) electrons. The largest absolute Gasteiger partial charge is 0.395 e. The SMILES string of the molecule is Cc1ccn(CCc2ccccc2)c(=O)c1C(=O)N1CCNC(CO)C1.Cl. The molecule has 2 heterocycles. The van der Waals surface area contributed by atoms with Gasteiger partial charge in [-0.1, -0.05) is 30.3 Å². The molecular weight excluding hydrogens is 366 g/mol. The van der Waals surface area contributed by atoms with E-state index in [0.29, 0.717) is 31.7 Å². The number of hydrogen-bond donors (Lipinski definition) is 2. The highest BCUT2D eigenvalue weighted by molar-refractivity contribution is 5.95. The van der Waals surface area contributed by atoms with Crippen LogP contribution in [0.5, 0.6) is 0 Å². The first-order valence-electron chi connectivity index (χ1n) is 8.97. The van der Waals surface area contributed by atoms with E-state index in [1.54, 1.807) is 22.6 Å². The van der Waals surface area contributed by atoms with Crippen LogP contribution in [0.15, 0.2) is 47.4 Å². The van der Waals surface area contributed by atoms with Crippen molar-refractivity contribution in [3.05, 3.63) is 69.6 Å². The number of carbonyl (C=O) groups is 1. The van der Waals surface area contributed by atoms with Crippen molar-refractivity contribution in [2.24, 2.45) is 0 Å². The molecule has 0 spiro atoms. The van der Waals surface area contributed by atoms with E-state index in [4.69, 9.17) is 0 Å². The van der Waals surface area contributed by atoms with Crippen LogP contribution in [0.2, 0.25) is 0 Å². The minimum atomic E-state index is -0.249. The van der Waals surface area contributed by atoms with Gasteiger partial charge in [-0.15, -0.1) is 12.4 Å². The summed E-state index contributed by atoms with van der Waals surface area (Å²) >= 11 is 0. The molecule has 1 aliphatic rings. The maximum atomic E-state index is 12.9. The van der Waals surface area contributed by atoms with Gasteiger partial charge in [0.05, 0.1) is 6.61 Å². The number of benzene rings is 1. The monoisotopic (exact) mass is 391 g/mol. The lowest BCUT2D eigenvalue weighted by Crippen LogP contribution is -2.54. The van der Waals surface area contributed by atoms with Crippen LogP contribution < -0.4 is 10.9 Å². The number of aryl methyl sites for hydroxylation is 3. The normalized spacial score (nSPS) is 16.7. The van der Waals surface area contributed by atoms with E-state index in [-0.39, 0.29) is 42.1 Å². The molecule has 2 N–H and O–H groups in total. The van der Waals surface area contributed by atoms with E-state index in [9.17, 15) is 14.7 Å². The Labute approximate surface area is 165 Å². The Bertz CT molecular complexity index is 823. The molecule has 1 amide bonds. The predicted molar refractivity (Wildman–Crippen MR) is 108 cm³/mol. The van der Waals surface area contributed by atoms with E-state index in [0.717, 1.165) is 12.0 Å². The number of amides is 1. The molecule has 2 aromatic rings. The first-order chi connectivity index (χ1) is 12.6. The van der Waals surface area contributed by atoms with Crippen LogP contribution in [0, 0.1) is 6.92 Å². The summed E-state index contributed by atoms with van der Waals surface area (Å²) in [5.74, 6) is -0.249. The fourth-order valence-electron chi connectivity index (χ4n) is 3.29. The van der Waals surface area contributed by atoms with E-state index in [2.05, 4.69) is 5.32 Å². The highest BCUT2D eigenvalue weighted by atomic mass is 35.5. The number of rotatable bonds is 5. The molecule has 0 saturated carbocycles. The fraction of sp³-hybridized carbons (Fsp3) is 0.400. The summed E-state index contributed by atoms with van der Waals surface area (Å²) < 4.78 is 1.61. The lowest BCUT2D eigenvalue weighted by molar-refractivity contribution is 0.0668. The Morgan fingerprint density at radius 2 is 2.00 bits per heavy atom. The molecule has 1 aromatic heterocycles. The highest BCUT2D eigenvalue weighted by Crippen LogP contribution is 2.10. The summed E-state index contributed by atoms with van der Waals surface area (Å²) in [6, 6.07) is 11.7. The third kappa shape index (κ3) is 4.97. The number of aromatic nitrogens is 1. The lowest BCUT2D eigenvalue weighted by atomic mass is 10.1. The number of aliphatic hydroxyl groups is 1. The van der Waals surface area contributed by atoms with Crippen LogP contribution in [-0.4, -0.2) is 52.8 Å². The van der Waals surface area contributed by atoms with Gasteiger partial charge in [-0.3, -0.25) is 9.59 Å².